The SMILES string of the molecule is O=C(O)c1ccc(C#Cc2ccc(CS)cc2)cc1. The molecule has 2 aromatic rings. The molecule has 0 saturated heterocycles. The van der Waals surface area contributed by atoms with Gasteiger partial charge in [0.1, 0.15) is 0 Å². The van der Waals surface area contributed by atoms with E-state index in [0.29, 0.717) is 5.75 Å². The minimum Gasteiger partial charge on any atom is -0.478 e. The Balaban J connectivity index is 2.16. The highest BCUT2D eigenvalue weighted by Gasteiger charge is 1.99. The molecular weight excluding hydrogens is 256 g/mol. The Labute approximate surface area is 117 Å². The lowest BCUT2D eigenvalue weighted by Crippen LogP contribution is -1.94. The maximum absolute atomic E-state index is 10.7. The predicted octanol–water partition coefficient (Wildman–Crippen LogP) is 3.21. The molecule has 0 amide bonds. The number of benzene rings is 2. The van der Waals surface area contributed by atoms with E-state index in [2.05, 4.69) is 24.5 Å². The van der Waals surface area contributed by atoms with E-state index in [1.54, 1.807) is 24.3 Å². The minimum absolute atomic E-state index is 0.267. The number of hydrogen-bond donors (Lipinski definition) is 2. The second kappa shape index (κ2) is 6.12. The second-order valence-corrected chi connectivity index (χ2v) is 4.30. The van der Waals surface area contributed by atoms with Crippen molar-refractivity contribution in [1.29, 1.82) is 0 Å². The second-order valence-electron chi connectivity index (χ2n) is 3.99. The molecule has 0 radical (unpaired) electrons. The lowest BCUT2D eigenvalue weighted by molar-refractivity contribution is 0.0697. The van der Waals surface area contributed by atoms with E-state index in [1.165, 1.54) is 0 Å². The summed E-state index contributed by atoms with van der Waals surface area (Å²) in [5.41, 5.74) is 3.14. The van der Waals surface area contributed by atoms with Gasteiger partial charge in [0, 0.05) is 16.9 Å². The third-order valence-corrected chi connectivity index (χ3v) is 2.98. The first-order valence-corrected chi connectivity index (χ1v) is 6.37. The predicted molar refractivity (Wildman–Crippen MR) is 78.5 cm³/mol. The molecule has 0 unspecified atom stereocenters. The average molecular weight is 268 g/mol. The summed E-state index contributed by atoms with van der Waals surface area (Å²) < 4.78 is 0. The van der Waals surface area contributed by atoms with Gasteiger partial charge in [0.25, 0.3) is 0 Å². The number of aromatic carboxylic acids is 1. The van der Waals surface area contributed by atoms with Crippen molar-refractivity contribution in [1.82, 2.24) is 0 Å². The Morgan fingerprint density at radius 2 is 1.42 bits per heavy atom. The Morgan fingerprint density at radius 1 is 0.947 bits per heavy atom. The number of carboxylic acid groups (broad SMARTS) is 1. The first-order chi connectivity index (χ1) is 9.19. The summed E-state index contributed by atoms with van der Waals surface area (Å²) in [6.45, 7) is 0. The maximum Gasteiger partial charge on any atom is 0.335 e. The largest absolute Gasteiger partial charge is 0.478 e. The van der Waals surface area contributed by atoms with Gasteiger partial charge in [0.2, 0.25) is 0 Å². The van der Waals surface area contributed by atoms with Crippen molar-refractivity contribution in [3.8, 4) is 11.8 Å². The van der Waals surface area contributed by atoms with E-state index in [4.69, 9.17) is 5.11 Å². The molecule has 0 atom stereocenters. The van der Waals surface area contributed by atoms with Crippen LogP contribution in [0.15, 0.2) is 48.5 Å². The quantitative estimate of drug-likeness (QED) is 0.648. The highest BCUT2D eigenvalue weighted by atomic mass is 32.1. The number of carboxylic acids is 1. The smallest absolute Gasteiger partial charge is 0.335 e. The summed E-state index contributed by atoms with van der Waals surface area (Å²) in [6.07, 6.45) is 0. The fourth-order valence-corrected chi connectivity index (χ4v) is 1.74. The molecule has 94 valence electrons. The molecule has 0 saturated carbocycles. The van der Waals surface area contributed by atoms with E-state index in [0.717, 1.165) is 16.7 Å². The Bertz CT molecular complexity index is 631. The zero-order valence-corrected chi connectivity index (χ0v) is 11.0. The number of hydrogen-bond acceptors (Lipinski definition) is 2. The van der Waals surface area contributed by atoms with Crippen LogP contribution in [0.5, 0.6) is 0 Å². The van der Waals surface area contributed by atoms with Gasteiger partial charge in [-0.2, -0.15) is 12.6 Å². The van der Waals surface area contributed by atoms with E-state index in [-0.39, 0.29) is 5.56 Å². The number of rotatable bonds is 2. The van der Waals surface area contributed by atoms with Gasteiger partial charge in [-0.05, 0) is 42.0 Å². The average Bonchev–Trinajstić information content (AvgIpc) is 2.46. The number of thiol groups is 1. The van der Waals surface area contributed by atoms with Crippen molar-refractivity contribution in [2.24, 2.45) is 0 Å². The van der Waals surface area contributed by atoms with Gasteiger partial charge in [0.05, 0.1) is 5.56 Å². The van der Waals surface area contributed by atoms with E-state index in [1.807, 2.05) is 24.3 Å². The lowest BCUT2D eigenvalue weighted by Gasteiger charge is -1.95. The molecule has 0 heterocycles. The summed E-state index contributed by atoms with van der Waals surface area (Å²) in [5, 5.41) is 8.79. The first kappa shape index (κ1) is 13.3. The zero-order valence-electron chi connectivity index (χ0n) is 10.1. The Kier molecular flexibility index (Phi) is 4.27. The molecule has 0 bridgehead atoms. The van der Waals surface area contributed by atoms with Crippen LogP contribution in [0.1, 0.15) is 27.0 Å². The van der Waals surface area contributed by atoms with Crippen molar-refractivity contribution in [3.05, 3.63) is 70.8 Å². The van der Waals surface area contributed by atoms with Crippen LogP contribution in [0, 0.1) is 11.8 Å². The molecular formula is C16H12O2S. The van der Waals surface area contributed by atoms with Crippen LogP contribution in [-0.2, 0) is 5.75 Å². The van der Waals surface area contributed by atoms with Gasteiger partial charge in [-0.15, -0.1) is 0 Å². The highest BCUT2D eigenvalue weighted by Crippen LogP contribution is 2.07. The van der Waals surface area contributed by atoms with Crippen LogP contribution in [0.2, 0.25) is 0 Å². The van der Waals surface area contributed by atoms with Crippen LogP contribution >= 0.6 is 12.6 Å². The van der Waals surface area contributed by atoms with Gasteiger partial charge in [-0.3, -0.25) is 0 Å². The molecule has 0 aliphatic heterocycles. The van der Waals surface area contributed by atoms with Gasteiger partial charge < -0.3 is 5.11 Å². The van der Waals surface area contributed by atoms with Crippen LogP contribution in [0.25, 0.3) is 0 Å². The van der Waals surface area contributed by atoms with Gasteiger partial charge >= 0.3 is 5.97 Å². The molecule has 3 heteroatoms. The summed E-state index contributed by atoms with van der Waals surface area (Å²) in [7, 11) is 0. The fourth-order valence-electron chi connectivity index (χ4n) is 1.53. The topological polar surface area (TPSA) is 37.3 Å². The molecule has 2 rings (SSSR count). The van der Waals surface area contributed by atoms with Gasteiger partial charge in [0.15, 0.2) is 0 Å². The van der Waals surface area contributed by atoms with Crippen LogP contribution < -0.4 is 0 Å². The van der Waals surface area contributed by atoms with Crippen molar-refractivity contribution in [2.75, 3.05) is 0 Å². The van der Waals surface area contributed by atoms with E-state index < -0.39 is 5.97 Å². The minimum atomic E-state index is -0.929. The van der Waals surface area contributed by atoms with Crippen LogP contribution in [0.4, 0.5) is 0 Å². The third kappa shape index (κ3) is 3.64. The van der Waals surface area contributed by atoms with Crippen LogP contribution in [0.3, 0.4) is 0 Å². The third-order valence-electron chi connectivity index (χ3n) is 2.62. The van der Waals surface area contributed by atoms with E-state index >= 15 is 0 Å². The molecule has 1 N–H and O–H groups in total. The maximum atomic E-state index is 10.7. The lowest BCUT2D eigenvalue weighted by atomic mass is 10.1. The molecule has 0 aromatic heterocycles. The van der Waals surface area contributed by atoms with Crippen LogP contribution in [-0.4, -0.2) is 11.1 Å². The first-order valence-electron chi connectivity index (χ1n) is 5.74. The summed E-state index contributed by atoms with van der Waals surface area (Å²) >= 11 is 4.20. The van der Waals surface area contributed by atoms with Crippen molar-refractivity contribution < 1.29 is 9.90 Å². The van der Waals surface area contributed by atoms with Crippen molar-refractivity contribution in [3.63, 3.8) is 0 Å². The molecule has 0 aliphatic rings. The van der Waals surface area contributed by atoms with Crippen molar-refractivity contribution in [2.45, 2.75) is 5.75 Å². The molecule has 19 heavy (non-hydrogen) atoms. The molecule has 0 fully saturated rings. The Hall–Kier alpha value is -2.18. The molecule has 2 nitrogen and oxygen atoms in total. The van der Waals surface area contributed by atoms with E-state index in [9.17, 15) is 4.79 Å². The number of carbonyl (C=O) groups is 1. The zero-order chi connectivity index (χ0) is 13.7. The Morgan fingerprint density at radius 3 is 1.84 bits per heavy atom. The molecule has 0 spiro atoms. The summed E-state index contributed by atoms with van der Waals surface area (Å²) in [4.78, 5) is 10.7. The highest BCUT2D eigenvalue weighted by molar-refractivity contribution is 7.79. The monoisotopic (exact) mass is 268 g/mol. The van der Waals surface area contributed by atoms with Gasteiger partial charge in [-0.1, -0.05) is 24.0 Å². The molecule has 0 aliphatic carbocycles. The standard InChI is InChI=1S/C16H12O2S/c17-16(18)15-9-7-13(8-10-15)2-1-12-3-5-14(11-19)6-4-12/h3-10,19H,11H2,(H,17,18). The van der Waals surface area contributed by atoms with Crippen molar-refractivity contribution >= 4 is 18.6 Å². The molecule has 2 aromatic carbocycles. The van der Waals surface area contributed by atoms with Gasteiger partial charge in [-0.25, -0.2) is 4.79 Å². The summed E-state index contributed by atoms with van der Waals surface area (Å²) in [5.74, 6) is 5.82. The summed E-state index contributed by atoms with van der Waals surface area (Å²) in [6, 6.07) is 14.4. The normalized spacial score (nSPS) is 9.53. The fraction of sp³-hybridized carbons (Fsp3) is 0.0625.